The standard InChI is InChI=1S/C21H22ClFN6O3S/c1-13-4-3-9-28(12-13)33(31,32)20-10-15(5-7-17(20)22)21(30)24-19-11-16(6-8-18(19)23)29-14(2)25-26-27-29/h5-8,10-11,13H,3-4,9,12H2,1-2H3,(H,24,30). The fraction of sp³-hybridized carbons (Fsp3) is 0.333. The first-order valence-electron chi connectivity index (χ1n) is 10.3. The SMILES string of the molecule is Cc1nnnn1-c1ccc(F)c(NC(=O)c2ccc(Cl)c(S(=O)(=O)N3CCCC(C)C3)c2)c1. The molecule has 1 fully saturated rings. The number of hydrogen-bond donors (Lipinski definition) is 1. The van der Waals surface area contributed by atoms with Gasteiger partial charge in [0.25, 0.3) is 5.91 Å². The summed E-state index contributed by atoms with van der Waals surface area (Å²) in [5, 5.41) is 13.7. The summed E-state index contributed by atoms with van der Waals surface area (Å²) in [5.41, 5.74) is 0.385. The second-order valence-electron chi connectivity index (χ2n) is 8.01. The summed E-state index contributed by atoms with van der Waals surface area (Å²) < 4.78 is 43.5. The van der Waals surface area contributed by atoms with Gasteiger partial charge < -0.3 is 5.32 Å². The minimum Gasteiger partial charge on any atom is -0.319 e. The van der Waals surface area contributed by atoms with E-state index in [2.05, 4.69) is 20.8 Å². The van der Waals surface area contributed by atoms with Gasteiger partial charge in [0, 0.05) is 18.7 Å². The Hall–Kier alpha value is -2.89. The maximum Gasteiger partial charge on any atom is 0.255 e. The number of benzene rings is 2. The summed E-state index contributed by atoms with van der Waals surface area (Å²) in [4.78, 5) is 12.7. The number of sulfonamides is 1. The molecule has 33 heavy (non-hydrogen) atoms. The number of piperidine rings is 1. The Morgan fingerprint density at radius 3 is 2.73 bits per heavy atom. The third kappa shape index (κ3) is 4.75. The van der Waals surface area contributed by atoms with Crippen LogP contribution in [-0.4, -0.2) is 51.9 Å². The van der Waals surface area contributed by atoms with E-state index in [-0.39, 0.29) is 27.1 Å². The molecular formula is C21H22ClFN6O3S. The molecule has 0 aliphatic carbocycles. The van der Waals surface area contributed by atoms with E-state index in [1.54, 1.807) is 6.92 Å². The normalized spacial score (nSPS) is 17.2. The van der Waals surface area contributed by atoms with Crippen LogP contribution in [0.2, 0.25) is 5.02 Å². The first-order chi connectivity index (χ1) is 15.7. The lowest BCUT2D eigenvalue weighted by Crippen LogP contribution is -2.39. The Labute approximate surface area is 195 Å². The molecule has 1 atom stereocenters. The quantitative estimate of drug-likeness (QED) is 0.584. The third-order valence-corrected chi connectivity index (χ3v) is 7.85. The molecule has 9 nitrogen and oxygen atoms in total. The van der Waals surface area contributed by atoms with Crippen molar-refractivity contribution in [1.82, 2.24) is 24.5 Å². The van der Waals surface area contributed by atoms with Gasteiger partial charge in [-0.2, -0.15) is 8.99 Å². The molecular weight excluding hydrogens is 471 g/mol. The van der Waals surface area contributed by atoms with Crippen LogP contribution in [0.1, 0.15) is 35.9 Å². The zero-order chi connectivity index (χ0) is 23.8. The highest BCUT2D eigenvalue weighted by Crippen LogP contribution is 2.29. The van der Waals surface area contributed by atoms with Gasteiger partial charge in [0.15, 0.2) is 5.82 Å². The number of tetrazole rings is 1. The second kappa shape index (κ2) is 9.16. The lowest BCUT2D eigenvalue weighted by molar-refractivity contribution is 0.102. The van der Waals surface area contributed by atoms with Crippen molar-refractivity contribution >= 4 is 33.2 Å². The third-order valence-electron chi connectivity index (χ3n) is 5.50. The summed E-state index contributed by atoms with van der Waals surface area (Å²) in [6.45, 7) is 4.46. The van der Waals surface area contributed by atoms with Crippen molar-refractivity contribution in [2.75, 3.05) is 18.4 Å². The van der Waals surface area contributed by atoms with Gasteiger partial charge in [0.1, 0.15) is 10.7 Å². The van der Waals surface area contributed by atoms with Crippen LogP contribution < -0.4 is 5.32 Å². The molecule has 1 aromatic heterocycles. The minimum absolute atomic E-state index is 0.0205. The van der Waals surface area contributed by atoms with Crippen LogP contribution in [0.3, 0.4) is 0 Å². The van der Waals surface area contributed by atoms with Crippen molar-refractivity contribution in [2.24, 2.45) is 5.92 Å². The summed E-state index contributed by atoms with van der Waals surface area (Å²) in [5.74, 6) is -0.627. The molecule has 2 aromatic carbocycles. The average molecular weight is 493 g/mol. The van der Waals surface area contributed by atoms with Crippen LogP contribution in [-0.2, 0) is 10.0 Å². The smallest absolute Gasteiger partial charge is 0.255 e. The Morgan fingerprint density at radius 2 is 2.03 bits per heavy atom. The molecule has 1 aliphatic rings. The first-order valence-corrected chi connectivity index (χ1v) is 12.1. The van der Waals surface area contributed by atoms with Crippen LogP contribution in [0.25, 0.3) is 5.69 Å². The van der Waals surface area contributed by atoms with Crippen molar-refractivity contribution in [3.8, 4) is 5.69 Å². The maximum absolute atomic E-state index is 14.4. The summed E-state index contributed by atoms with van der Waals surface area (Å²) in [6, 6.07) is 8.01. The lowest BCUT2D eigenvalue weighted by atomic mass is 10.0. The topological polar surface area (TPSA) is 110 Å². The molecule has 2 heterocycles. The van der Waals surface area contributed by atoms with E-state index in [0.717, 1.165) is 12.8 Å². The van der Waals surface area contributed by atoms with Crippen molar-refractivity contribution in [3.05, 3.63) is 58.6 Å². The number of anilines is 1. The zero-order valence-corrected chi connectivity index (χ0v) is 19.6. The maximum atomic E-state index is 14.4. The van der Waals surface area contributed by atoms with Gasteiger partial charge in [-0.05, 0) is 72.5 Å². The van der Waals surface area contributed by atoms with Crippen molar-refractivity contribution in [3.63, 3.8) is 0 Å². The number of carbonyl (C=O) groups is 1. The number of aryl methyl sites for hydroxylation is 1. The van der Waals surface area contributed by atoms with Crippen LogP contribution in [0.5, 0.6) is 0 Å². The average Bonchev–Trinajstić information content (AvgIpc) is 3.21. The molecule has 4 rings (SSSR count). The van der Waals surface area contributed by atoms with Crippen LogP contribution in [0.15, 0.2) is 41.3 Å². The number of nitrogens with zero attached hydrogens (tertiary/aromatic N) is 5. The Morgan fingerprint density at radius 1 is 1.24 bits per heavy atom. The molecule has 0 bridgehead atoms. The van der Waals surface area contributed by atoms with Crippen LogP contribution >= 0.6 is 11.6 Å². The van der Waals surface area contributed by atoms with Crippen molar-refractivity contribution in [1.29, 1.82) is 0 Å². The summed E-state index contributed by atoms with van der Waals surface area (Å²) >= 11 is 6.20. The zero-order valence-electron chi connectivity index (χ0n) is 18.0. The van der Waals surface area contributed by atoms with Gasteiger partial charge in [0.05, 0.1) is 16.4 Å². The number of hydrogen-bond acceptors (Lipinski definition) is 6. The highest BCUT2D eigenvalue weighted by molar-refractivity contribution is 7.89. The van der Waals surface area contributed by atoms with Crippen LogP contribution in [0, 0.1) is 18.7 Å². The predicted octanol–water partition coefficient (Wildman–Crippen LogP) is 3.44. The molecule has 1 N–H and O–H groups in total. The molecule has 1 aliphatic heterocycles. The van der Waals surface area contributed by atoms with Gasteiger partial charge in [-0.15, -0.1) is 5.10 Å². The lowest BCUT2D eigenvalue weighted by Gasteiger charge is -2.30. The van der Waals surface area contributed by atoms with E-state index in [1.807, 2.05) is 6.92 Å². The van der Waals surface area contributed by atoms with Crippen LogP contribution in [0.4, 0.5) is 10.1 Å². The fourth-order valence-electron chi connectivity index (χ4n) is 3.75. The van der Waals surface area contributed by atoms with Gasteiger partial charge in [-0.3, -0.25) is 4.79 Å². The number of aromatic nitrogens is 4. The monoisotopic (exact) mass is 492 g/mol. The number of amides is 1. The molecule has 1 amide bonds. The highest BCUT2D eigenvalue weighted by atomic mass is 35.5. The van der Waals surface area contributed by atoms with Crippen molar-refractivity contribution < 1.29 is 17.6 Å². The van der Waals surface area contributed by atoms with Gasteiger partial charge in [-0.25, -0.2) is 12.8 Å². The molecule has 0 radical (unpaired) electrons. The van der Waals surface area contributed by atoms with E-state index < -0.39 is 21.7 Å². The van der Waals surface area contributed by atoms with E-state index in [0.29, 0.717) is 24.6 Å². The summed E-state index contributed by atoms with van der Waals surface area (Å²) in [7, 11) is -3.88. The van der Waals surface area contributed by atoms with Gasteiger partial charge >= 0.3 is 0 Å². The second-order valence-corrected chi connectivity index (χ2v) is 10.3. The Kier molecular flexibility index (Phi) is 6.46. The predicted molar refractivity (Wildman–Crippen MR) is 120 cm³/mol. The van der Waals surface area contributed by atoms with E-state index in [9.17, 15) is 17.6 Å². The van der Waals surface area contributed by atoms with E-state index in [4.69, 9.17) is 11.6 Å². The molecule has 0 spiro atoms. The molecule has 174 valence electrons. The molecule has 0 saturated carbocycles. The van der Waals surface area contributed by atoms with Gasteiger partial charge in [0.2, 0.25) is 10.0 Å². The number of halogens is 2. The summed E-state index contributed by atoms with van der Waals surface area (Å²) in [6.07, 6.45) is 1.71. The highest BCUT2D eigenvalue weighted by Gasteiger charge is 2.31. The number of carbonyl (C=O) groups excluding carboxylic acids is 1. The molecule has 1 saturated heterocycles. The molecule has 1 unspecified atom stereocenters. The molecule has 3 aromatic rings. The van der Waals surface area contributed by atoms with E-state index >= 15 is 0 Å². The van der Waals surface area contributed by atoms with E-state index in [1.165, 1.54) is 45.4 Å². The number of nitrogens with one attached hydrogen (secondary N) is 1. The first kappa shape index (κ1) is 23.3. The van der Waals surface area contributed by atoms with Crippen molar-refractivity contribution in [2.45, 2.75) is 31.6 Å². The molecule has 12 heteroatoms. The Balaban J connectivity index is 1.62. The van der Waals surface area contributed by atoms with Gasteiger partial charge in [-0.1, -0.05) is 18.5 Å². The largest absolute Gasteiger partial charge is 0.319 e. The number of rotatable bonds is 5. The fourth-order valence-corrected chi connectivity index (χ4v) is 5.85. The Bertz CT molecular complexity index is 1310. The minimum atomic E-state index is -3.88.